The van der Waals surface area contributed by atoms with Gasteiger partial charge in [0.1, 0.15) is 12.4 Å². The van der Waals surface area contributed by atoms with Crippen molar-refractivity contribution >= 4 is 11.3 Å². The lowest BCUT2D eigenvalue weighted by Crippen LogP contribution is -2.07. The second-order valence-electron chi connectivity index (χ2n) is 6.26. The summed E-state index contributed by atoms with van der Waals surface area (Å²) in [5.74, 6) is 2.48. The van der Waals surface area contributed by atoms with Crippen LogP contribution < -0.4 is 9.47 Å². The number of methoxy groups -OCH3 is 1. The van der Waals surface area contributed by atoms with E-state index in [1.165, 1.54) is 11.6 Å². The third kappa shape index (κ3) is 2.90. The molecule has 0 aromatic carbocycles. The Hall–Kier alpha value is -4.09. The largest absolute Gasteiger partial charge is 0.491 e. The van der Waals surface area contributed by atoms with Crippen molar-refractivity contribution in [1.82, 2.24) is 44.8 Å². The SMILES string of the molecule is COc1cc2nnc(-c3cc(C)on3)n2nc1OCc1ccc2nnc(C)n2n1. The van der Waals surface area contributed by atoms with E-state index in [-0.39, 0.29) is 12.5 Å². The van der Waals surface area contributed by atoms with Gasteiger partial charge in [0.25, 0.3) is 5.88 Å². The van der Waals surface area contributed by atoms with Gasteiger partial charge in [0.05, 0.1) is 12.8 Å². The number of aryl methyl sites for hydroxylation is 2. The molecule has 0 fully saturated rings. The maximum absolute atomic E-state index is 5.88. The molecule has 0 saturated heterocycles. The lowest BCUT2D eigenvalue weighted by molar-refractivity contribution is 0.263. The summed E-state index contributed by atoms with van der Waals surface area (Å²) in [5.41, 5.74) is 2.36. The predicted octanol–water partition coefficient (Wildman–Crippen LogP) is 1.42. The fourth-order valence-corrected chi connectivity index (χ4v) is 2.83. The first-order valence-corrected chi connectivity index (χ1v) is 8.67. The number of aromatic nitrogens is 9. The second kappa shape index (κ2) is 6.51. The molecular weight excluding hydrogens is 378 g/mol. The van der Waals surface area contributed by atoms with Gasteiger partial charge < -0.3 is 14.0 Å². The van der Waals surface area contributed by atoms with Crippen molar-refractivity contribution in [3.8, 4) is 23.1 Å². The van der Waals surface area contributed by atoms with Gasteiger partial charge in [-0.1, -0.05) is 5.16 Å². The Morgan fingerprint density at radius 2 is 1.83 bits per heavy atom. The molecule has 29 heavy (non-hydrogen) atoms. The van der Waals surface area contributed by atoms with Crippen LogP contribution in [0.5, 0.6) is 11.6 Å². The van der Waals surface area contributed by atoms with Gasteiger partial charge in [0, 0.05) is 12.1 Å². The van der Waals surface area contributed by atoms with E-state index in [4.69, 9.17) is 14.0 Å². The minimum atomic E-state index is 0.170. The number of ether oxygens (including phenoxy) is 2. The molecule has 0 aliphatic heterocycles. The van der Waals surface area contributed by atoms with E-state index in [1.54, 1.807) is 23.6 Å². The second-order valence-corrected chi connectivity index (χ2v) is 6.26. The summed E-state index contributed by atoms with van der Waals surface area (Å²) in [4.78, 5) is 0. The molecule has 0 amide bonds. The summed E-state index contributed by atoms with van der Waals surface area (Å²) >= 11 is 0. The highest BCUT2D eigenvalue weighted by molar-refractivity contribution is 5.56. The van der Waals surface area contributed by atoms with Crippen molar-refractivity contribution in [2.45, 2.75) is 20.5 Å². The zero-order valence-corrected chi connectivity index (χ0v) is 15.8. The van der Waals surface area contributed by atoms with Gasteiger partial charge >= 0.3 is 0 Å². The fraction of sp³-hybridized carbons (Fsp3) is 0.235. The lowest BCUT2D eigenvalue weighted by atomic mass is 10.3. The minimum Gasteiger partial charge on any atom is -0.491 e. The maximum Gasteiger partial charge on any atom is 0.275 e. The van der Waals surface area contributed by atoms with E-state index < -0.39 is 0 Å². The fourth-order valence-electron chi connectivity index (χ4n) is 2.83. The summed E-state index contributed by atoms with van der Waals surface area (Å²) in [5, 5.41) is 29.2. The normalized spacial score (nSPS) is 11.4. The van der Waals surface area contributed by atoms with Gasteiger partial charge in [0.2, 0.25) is 5.82 Å². The van der Waals surface area contributed by atoms with Gasteiger partial charge in [0.15, 0.2) is 28.6 Å². The maximum atomic E-state index is 5.88. The quantitative estimate of drug-likeness (QED) is 0.432. The Morgan fingerprint density at radius 1 is 0.966 bits per heavy atom. The summed E-state index contributed by atoms with van der Waals surface area (Å²) in [6.07, 6.45) is 0. The highest BCUT2D eigenvalue weighted by Gasteiger charge is 2.18. The van der Waals surface area contributed by atoms with Crippen LogP contribution in [0.15, 0.2) is 28.8 Å². The number of hydrogen-bond acceptors (Lipinski definition) is 10. The molecule has 5 aromatic heterocycles. The number of nitrogens with zero attached hydrogens (tertiary/aromatic N) is 9. The van der Waals surface area contributed by atoms with Crippen LogP contribution in [0.4, 0.5) is 0 Å². The number of fused-ring (bicyclic) bond motifs is 2. The first kappa shape index (κ1) is 17.0. The zero-order valence-electron chi connectivity index (χ0n) is 15.8. The van der Waals surface area contributed by atoms with E-state index in [9.17, 15) is 0 Å². The lowest BCUT2D eigenvalue weighted by Gasteiger charge is -2.10. The molecule has 0 saturated carbocycles. The van der Waals surface area contributed by atoms with E-state index in [1.807, 2.05) is 19.1 Å². The molecule has 0 spiro atoms. The van der Waals surface area contributed by atoms with Crippen molar-refractivity contribution in [3.05, 3.63) is 41.5 Å². The summed E-state index contributed by atoms with van der Waals surface area (Å²) < 4.78 is 19.6. The third-order valence-corrected chi connectivity index (χ3v) is 4.23. The summed E-state index contributed by atoms with van der Waals surface area (Å²) in [6, 6.07) is 7.08. The molecule has 0 unspecified atom stereocenters. The zero-order chi connectivity index (χ0) is 20.0. The van der Waals surface area contributed by atoms with Crippen LogP contribution in [0.2, 0.25) is 0 Å². The van der Waals surface area contributed by atoms with Crippen LogP contribution in [-0.4, -0.2) is 51.9 Å². The van der Waals surface area contributed by atoms with E-state index in [0.717, 1.165) is 0 Å². The molecule has 5 rings (SSSR count). The Morgan fingerprint density at radius 3 is 2.62 bits per heavy atom. The van der Waals surface area contributed by atoms with Crippen molar-refractivity contribution in [3.63, 3.8) is 0 Å². The average molecular weight is 393 g/mol. The monoisotopic (exact) mass is 393 g/mol. The topological polar surface area (TPSA) is 131 Å². The third-order valence-electron chi connectivity index (χ3n) is 4.23. The van der Waals surface area contributed by atoms with Crippen molar-refractivity contribution in [2.24, 2.45) is 0 Å². The molecular formula is C17H15N9O3. The first-order chi connectivity index (χ1) is 14.1. The Balaban J connectivity index is 1.49. The van der Waals surface area contributed by atoms with Gasteiger partial charge in [-0.3, -0.25) is 0 Å². The summed E-state index contributed by atoms with van der Waals surface area (Å²) in [7, 11) is 1.53. The number of rotatable bonds is 5. The molecule has 0 N–H and O–H groups in total. The van der Waals surface area contributed by atoms with E-state index in [2.05, 4.69) is 35.7 Å². The van der Waals surface area contributed by atoms with Crippen LogP contribution in [0.1, 0.15) is 17.3 Å². The van der Waals surface area contributed by atoms with Crippen molar-refractivity contribution in [1.29, 1.82) is 0 Å². The smallest absolute Gasteiger partial charge is 0.275 e. The molecule has 5 aromatic rings. The van der Waals surface area contributed by atoms with Gasteiger partial charge in [-0.25, -0.2) is 0 Å². The Bertz CT molecular complexity index is 1340. The first-order valence-electron chi connectivity index (χ1n) is 8.67. The molecule has 0 atom stereocenters. The van der Waals surface area contributed by atoms with Gasteiger partial charge in [-0.15, -0.1) is 25.5 Å². The van der Waals surface area contributed by atoms with Gasteiger partial charge in [-0.2, -0.15) is 14.1 Å². The van der Waals surface area contributed by atoms with Crippen molar-refractivity contribution in [2.75, 3.05) is 7.11 Å². The van der Waals surface area contributed by atoms with Crippen LogP contribution in [0.25, 0.3) is 22.8 Å². The molecule has 5 heterocycles. The average Bonchev–Trinajstić information content (AvgIpc) is 3.44. The van der Waals surface area contributed by atoms with Gasteiger partial charge in [-0.05, 0) is 26.0 Å². The number of hydrogen-bond donors (Lipinski definition) is 0. The highest BCUT2D eigenvalue weighted by Crippen LogP contribution is 2.28. The van der Waals surface area contributed by atoms with Crippen LogP contribution >= 0.6 is 0 Å². The molecule has 0 bridgehead atoms. The van der Waals surface area contributed by atoms with Crippen molar-refractivity contribution < 1.29 is 14.0 Å². The Labute approximate surface area is 163 Å². The summed E-state index contributed by atoms with van der Waals surface area (Å²) in [6.45, 7) is 3.80. The van der Waals surface area contributed by atoms with Crippen LogP contribution in [0, 0.1) is 13.8 Å². The van der Waals surface area contributed by atoms with E-state index in [0.29, 0.717) is 45.8 Å². The van der Waals surface area contributed by atoms with E-state index >= 15 is 0 Å². The molecule has 0 aliphatic carbocycles. The molecule has 12 nitrogen and oxygen atoms in total. The standard InChI is InChI=1S/C17H15N9O3/c1-9-6-12(24-29-9)16-21-20-15-7-13(27-3)17(23-26(15)16)28-8-11-4-5-14-19-18-10(2)25(14)22-11/h4-7H,8H2,1-3H3. The molecule has 12 heteroatoms. The minimum absolute atomic E-state index is 0.170. The Kier molecular flexibility index (Phi) is 3.82. The van der Waals surface area contributed by atoms with Crippen LogP contribution in [0.3, 0.4) is 0 Å². The molecule has 0 aliphatic rings. The molecule has 0 radical (unpaired) electrons. The predicted molar refractivity (Wildman–Crippen MR) is 97.4 cm³/mol. The molecule has 146 valence electrons. The van der Waals surface area contributed by atoms with Crippen LogP contribution in [-0.2, 0) is 6.61 Å². The highest BCUT2D eigenvalue weighted by atomic mass is 16.5.